The van der Waals surface area contributed by atoms with Crippen molar-refractivity contribution in [2.75, 3.05) is 13.1 Å². The van der Waals surface area contributed by atoms with Gasteiger partial charge in [0.2, 0.25) is 0 Å². The molecule has 1 aliphatic rings. The van der Waals surface area contributed by atoms with Crippen LogP contribution in [0.3, 0.4) is 0 Å². The van der Waals surface area contributed by atoms with E-state index >= 15 is 0 Å². The summed E-state index contributed by atoms with van der Waals surface area (Å²) >= 11 is 0. The predicted molar refractivity (Wildman–Crippen MR) is 73.8 cm³/mol. The second kappa shape index (κ2) is 6.41. The standard InChI is InChI=1S/C15H19NO4/c1-2-11-5-3-4-6-13(11)20-15(19)16-9-7-12(8-10-16)14(17)18/h3-6,12H,2,7-10H2,1H3,(H,17,18). The number of hydrogen-bond acceptors (Lipinski definition) is 3. The van der Waals surface area contributed by atoms with E-state index in [0.29, 0.717) is 31.7 Å². The summed E-state index contributed by atoms with van der Waals surface area (Å²) in [6, 6.07) is 7.45. The number of aliphatic carboxylic acids is 1. The minimum Gasteiger partial charge on any atom is -0.481 e. The number of para-hydroxylation sites is 1. The number of carbonyl (C=O) groups excluding carboxylic acids is 1. The lowest BCUT2D eigenvalue weighted by Gasteiger charge is -2.29. The van der Waals surface area contributed by atoms with Crippen LogP contribution in [0.4, 0.5) is 4.79 Å². The van der Waals surface area contributed by atoms with E-state index in [0.717, 1.165) is 12.0 Å². The minimum absolute atomic E-state index is 0.345. The van der Waals surface area contributed by atoms with Crippen molar-refractivity contribution in [2.24, 2.45) is 5.92 Å². The number of carbonyl (C=O) groups is 2. The molecule has 2 rings (SSSR count). The van der Waals surface area contributed by atoms with Crippen molar-refractivity contribution in [1.29, 1.82) is 0 Å². The first-order chi connectivity index (χ1) is 9.61. The van der Waals surface area contributed by atoms with Crippen LogP contribution < -0.4 is 4.74 Å². The zero-order chi connectivity index (χ0) is 14.5. The highest BCUT2D eigenvalue weighted by Crippen LogP contribution is 2.22. The second-order valence-electron chi connectivity index (χ2n) is 4.93. The number of piperidine rings is 1. The van der Waals surface area contributed by atoms with E-state index in [9.17, 15) is 9.59 Å². The van der Waals surface area contributed by atoms with E-state index < -0.39 is 12.1 Å². The van der Waals surface area contributed by atoms with Crippen LogP contribution in [0.2, 0.25) is 0 Å². The highest BCUT2D eigenvalue weighted by Gasteiger charge is 2.28. The van der Waals surface area contributed by atoms with Gasteiger partial charge in [-0.2, -0.15) is 0 Å². The highest BCUT2D eigenvalue weighted by molar-refractivity contribution is 5.73. The summed E-state index contributed by atoms with van der Waals surface area (Å²) < 4.78 is 5.41. The smallest absolute Gasteiger partial charge is 0.415 e. The van der Waals surface area contributed by atoms with Crippen molar-refractivity contribution in [1.82, 2.24) is 4.90 Å². The third-order valence-corrected chi connectivity index (χ3v) is 3.65. The van der Waals surface area contributed by atoms with Crippen LogP contribution in [-0.4, -0.2) is 35.2 Å². The Morgan fingerprint density at radius 3 is 2.55 bits per heavy atom. The number of carboxylic acids is 1. The summed E-state index contributed by atoms with van der Waals surface area (Å²) in [5, 5.41) is 8.93. The Hall–Kier alpha value is -2.04. The first-order valence-corrected chi connectivity index (χ1v) is 6.89. The molecule has 0 aliphatic carbocycles. The van der Waals surface area contributed by atoms with Gasteiger partial charge in [0.25, 0.3) is 0 Å². The normalized spacial score (nSPS) is 15.9. The number of hydrogen-bond donors (Lipinski definition) is 1. The Morgan fingerprint density at radius 2 is 1.95 bits per heavy atom. The molecule has 1 fully saturated rings. The molecule has 1 N–H and O–H groups in total. The molecular formula is C15H19NO4. The fourth-order valence-corrected chi connectivity index (χ4v) is 2.36. The van der Waals surface area contributed by atoms with E-state index in [1.807, 2.05) is 25.1 Å². The lowest BCUT2D eigenvalue weighted by molar-refractivity contribution is -0.143. The quantitative estimate of drug-likeness (QED) is 0.922. The predicted octanol–water partition coefficient (Wildman–Crippen LogP) is 2.54. The summed E-state index contributed by atoms with van der Waals surface area (Å²) in [7, 11) is 0. The van der Waals surface area contributed by atoms with Crippen LogP contribution in [0, 0.1) is 5.92 Å². The van der Waals surface area contributed by atoms with Crippen molar-refractivity contribution in [2.45, 2.75) is 26.2 Å². The minimum atomic E-state index is -0.783. The van der Waals surface area contributed by atoms with Crippen molar-refractivity contribution < 1.29 is 19.4 Å². The van der Waals surface area contributed by atoms with Gasteiger partial charge in [0.05, 0.1) is 5.92 Å². The van der Waals surface area contributed by atoms with Crippen LogP contribution in [0.5, 0.6) is 5.75 Å². The fraction of sp³-hybridized carbons (Fsp3) is 0.467. The maximum absolute atomic E-state index is 12.1. The number of ether oxygens (including phenoxy) is 1. The summed E-state index contributed by atoms with van der Waals surface area (Å²) in [6.07, 6.45) is 1.37. The zero-order valence-electron chi connectivity index (χ0n) is 11.5. The van der Waals surface area contributed by atoms with E-state index in [2.05, 4.69) is 0 Å². The maximum Gasteiger partial charge on any atom is 0.415 e. The van der Waals surface area contributed by atoms with E-state index in [1.54, 1.807) is 11.0 Å². The number of benzene rings is 1. The Balaban J connectivity index is 1.94. The molecule has 1 aromatic carbocycles. The molecule has 108 valence electrons. The molecule has 20 heavy (non-hydrogen) atoms. The summed E-state index contributed by atoms with van der Waals surface area (Å²) in [5.74, 6) is -0.545. The number of aryl methyl sites for hydroxylation is 1. The second-order valence-corrected chi connectivity index (χ2v) is 4.93. The Morgan fingerprint density at radius 1 is 1.30 bits per heavy atom. The Labute approximate surface area is 118 Å². The Bertz CT molecular complexity index is 492. The molecule has 0 spiro atoms. The number of nitrogens with zero attached hydrogens (tertiary/aromatic N) is 1. The zero-order valence-corrected chi connectivity index (χ0v) is 11.5. The van der Waals surface area contributed by atoms with Gasteiger partial charge < -0.3 is 14.7 Å². The van der Waals surface area contributed by atoms with Gasteiger partial charge in [-0.05, 0) is 30.9 Å². The topological polar surface area (TPSA) is 66.8 Å². The van der Waals surface area contributed by atoms with Gasteiger partial charge in [-0.1, -0.05) is 25.1 Å². The van der Waals surface area contributed by atoms with Crippen LogP contribution in [-0.2, 0) is 11.2 Å². The number of likely N-dealkylation sites (tertiary alicyclic amines) is 1. The molecule has 1 aromatic rings. The van der Waals surface area contributed by atoms with Gasteiger partial charge in [-0.15, -0.1) is 0 Å². The van der Waals surface area contributed by atoms with Gasteiger partial charge in [0, 0.05) is 13.1 Å². The van der Waals surface area contributed by atoms with Crippen LogP contribution in [0.15, 0.2) is 24.3 Å². The van der Waals surface area contributed by atoms with E-state index in [-0.39, 0.29) is 5.92 Å². The molecule has 5 nitrogen and oxygen atoms in total. The molecule has 1 aliphatic heterocycles. The van der Waals surface area contributed by atoms with E-state index in [4.69, 9.17) is 9.84 Å². The lowest BCUT2D eigenvalue weighted by atomic mass is 9.97. The average Bonchev–Trinajstić information content (AvgIpc) is 2.48. The van der Waals surface area contributed by atoms with Crippen LogP contribution >= 0.6 is 0 Å². The molecule has 0 radical (unpaired) electrons. The molecule has 5 heteroatoms. The van der Waals surface area contributed by atoms with Crippen molar-refractivity contribution >= 4 is 12.1 Å². The van der Waals surface area contributed by atoms with Crippen LogP contribution in [0.25, 0.3) is 0 Å². The summed E-state index contributed by atoms with van der Waals surface area (Å²) in [5.41, 5.74) is 0.987. The van der Waals surface area contributed by atoms with Crippen molar-refractivity contribution in [3.63, 3.8) is 0 Å². The van der Waals surface area contributed by atoms with Crippen molar-refractivity contribution in [3.05, 3.63) is 29.8 Å². The maximum atomic E-state index is 12.1. The molecule has 0 aromatic heterocycles. The number of rotatable bonds is 3. The van der Waals surface area contributed by atoms with Gasteiger partial charge in [0.15, 0.2) is 0 Å². The molecule has 0 unspecified atom stereocenters. The largest absolute Gasteiger partial charge is 0.481 e. The first kappa shape index (κ1) is 14.4. The molecular weight excluding hydrogens is 258 g/mol. The molecule has 1 amide bonds. The Kier molecular flexibility index (Phi) is 4.61. The monoisotopic (exact) mass is 277 g/mol. The third-order valence-electron chi connectivity index (χ3n) is 3.65. The van der Waals surface area contributed by atoms with Gasteiger partial charge in [-0.3, -0.25) is 4.79 Å². The van der Waals surface area contributed by atoms with Gasteiger partial charge in [0.1, 0.15) is 5.75 Å². The highest BCUT2D eigenvalue weighted by atomic mass is 16.6. The fourth-order valence-electron chi connectivity index (χ4n) is 2.36. The number of amides is 1. The number of carboxylic acid groups (broad SMARTS) is 1. The molecule has 0 saturated carbocycles. The van der Waals surface area contributed by atoms with Crippen LogP contribution in [0.1, 0.15) is 25.3 Å². The van der Waals surface area contributed by atoms with E-state index in [1.165, 1.54) is 0 Å². The molecule has 0 atom stereocenters. The first-order valence-electron chi connectivity index (χ1n) is 6.89. The summed E-state index contributed by atoms with van der Waals surface area (Å²) in [6.45, 7) is 2.87. The molecule has 1 saturated heterocycles. The SMILES string of the molecule is CCc1ccccc1OC(=O)N1CCC(C(=O)O)CC1. The molecule has 0 bridgehead atoms. The third kappa shape index (κ3) is 3.29. The average molecular weight is 277 g/mol. The van der Waals surface area contributed by atoms with Crippen molar-refractivity contribution in [3.8, 4) is 5.75 Å². The summed E-state index contributed by atoms with van der Waals surface area (Å²) in [4.78, 5) is 24.5. The lowest BCUT2D eigenvalue weighted by Crippen LogP contribution is -2.41. The van der Waals surface area contributed by atoms with Gasteiger partial charge >= 0.3 is 12.1 Å². The van der Waals surface area contributed by atoms with Gasteiger partial charge in [-0.25, -0.2) is 4.79 Å². The molecule has 1 heterocycles.